The Morgan fingerprint density at radius 2 is 1.95 bits per heavy atom. The molecule has 5 nitrogen and oxygen atoms in total. The van der Waals surface area contributed by atoms with Crippen LogP contribution in [0.3, 0.4) is 0 Å². The van der Waals surface area contributed by atoms with Crippen LogP contribution >= 0.6 is 0 Å². The van der Waals surface area contributed by atoms with Crippen molar-refractivity contribution in [3.8, 4) is 0 Å². The summed E-state index contributed by atoms with van der Waals surface area (Å²) in [6.07, 6.45) is 1.66. The van der Waals surface area contributed by atoms with E-state index in [0.29, 0.717) is 11.4 Å². The number of primary amides is 1. The van der Waals surface area contributed by atoms with Gasteiger partial charge in [0, 0.05) is 17.3 Å². The number of hydrogen-bond acceptors (Lipinski definition) is 3. The molecule has 0 radical (unpaired) electrons. The first-order chi connectivity index (χ1) is 10.4. The molecule has 112 valence electrons. The molecule has 22 heavy (non-hydrogen) atoms. The fraction of sp³-hybridized carbons (Fsp3) is 0.235. The van der Waals surface area contributed by atoms with E-state index in [0.717, 1.165) is 11.1 Å². The van der Waals surface area contributed by atoms with Crippen molar-refractivity contribution in [3.63, 3.8) is 0 Å². The Hall–Kier alpha value is -2.69. The van der Waals surface area contributed by atoms with E-state index in [2.05, 4.69) is 10.3 Å². The van der Waals surface area contributed by atoms with E-state index in [1.807, 2.05) is 38.1 Å². The van der Waals surface area contributed by atoms with Gasteiger partial charge < -0.3 is 11.1 Å². The van der Waals surface area contributed by atoms with Crippen LogP contribution in [-0.2, 0) is 10.2 Å². The summed E-state index contributed by atoms with van der Waals surface area (Å²) in [6, 6.07) is 10.8. The van der Waals surface area contributed by atoms with Crippen LogP contribution in [0, 0.1) is 0 Å². The fourth-order valence-electron chi connectivity index (χ4n) is 2.98. The summed E-state index contributed by atoms with van der Waals surface area (Å²) in [5.41, 5.74) is 6.89. The second-order valence-electron chi connectivity index (χ2n) is 5.76. The number of carbonyl (C=O) groups is 2. The van der Waals surface area contributed by atoms with E-state index >= 15 is 0 Å². The Kier molecular flexibility index (Phi) is 3.20. The number of pyridine rings is 1. The summed E-state index contributed by atoms with van der Waals surface area (Å²) in [7, 11) is 0. The number of rotatable bonds is 3. The monoisotopic (exact) mass is 295 g/mol. The van der Waals surface area contributed by atoms with Gasteiger partial charge in [-0.05, 0) is 36.6 Å². The summed E-state index contributed by atoms with van der Waals surface area (Å²) in [6.45, 7) is 3.92. The lowest BCUT2D eigenvalue weighted by Crippen LogP contribution is -2.36. The minimum atomic E-state index is -0.697. The van der Waals surface area contributed by atoms with Crippen LogP contribution in [-0.4, -0.2) is 16.8 Å². The topological polar surface area (TPSA) is 85.1 Å². The predicted molar refractivity (Wildman–Crippen MR) is 83.6 cm³/mol. The van der Waals surface area contributed by atoms with Crippen LogP contribution in [0.4, 0.5) is 5.82 Å². The van der Waals surface area contributed by atoms with Gasteiger partial charge in [-0.3, -0.25) is 9.59 Å². The molecule has 0 saturated carbocycles. The first-order valence-corrected chi connectivity index (χ1v) is 7.11. The molecule has 0 spiro atoms. The van der Waals surface area contributed by atoms with Gasteiger partial charge in [0.05, 0.1) is 5.41 Å². The standard InChI is InChI=1S/C17H17N3O2/c1-10(11-5-7-12(8-6-11)14(18)21)17(2)13-4-3-9-19-15(13)20-16(17)22/h3-10H,1-2H3,(H2,18,21)(H,19,20,22)/t10-,17-/m1/s1. The zero-order valence-electron chi connectivity index (χ0n) is 12.5. The van der Waals surface area contributed by atoms with E-state index in [1.165, 1.54) is 0 Å². The van der Waals surface area contributed by atoms with Gasteiger partial charge in [0.15, 0.2) is 0 Å². The number of anilines is 1. The smallest absolute Gasteiger partial charge is 0.248 e. The maximum absolute atomic E-state index is 12.5. The molecule has 1 aliphatic heterocycles. The molecule has 0 bridgehead atoms. The SMILES string of the molecule is C[C@H](c1ccc(C(N)=O)cc1)[C@@]1(C)C(=O)Nc2ncccc21. The molecule has 2 atom stereocenters. The Balaban J connectivity index is 2.02. The van der Waals surface area contributed by atoms with E-state index < -0.39 is 11.3 Å². The molecule has 1 aromatic carbocycles. The maximum Gasteiger partial charge on any atom is 0.248 e. The van der Waals surface area contributed by atoms with Gasteiger partial charge in [-0.25, -0.2) is 4.98 Å². The minimum Gasteiger partial charge on any atom is -0.366 e. The number of amides is 2. The van der Waals surface area contributed by atoms with Crippen molar-refractivity contribution in [2.75, 3.05) is 5.32 Å². The highest BCUT2D eigenvalue weighted by atomic mass is 16.2. The number of fused-ring (bicyclic) bond motifs is 1. The van der Waals surface area contributed by atoms with Crippen LogP contribution < -0.4 is 11.1 Å². The van der Waals surface area contributed by atoms with Gasteiger partial charge in [0.2, 0.25) is 11.8 Å². The highest BCUT2D eigenvalue weighted by molar-refractivity contribution is 6.05. The molecule has 1 aromatic heterocycles. The van der Waals surface area contributed by atoms with E-state index in [9.17, 15) is 9.59 Å². The molecule has 2 aromatic rings. The van der Waals surface area contributed by atoms with Crippen molar-refractivity contribution in [1.82, 2.24) is 4.98 Å². The number of benzene rings is 1. The third kappa shape index (κ3) is 1.97. The average Bonchev–Trinajstić information content (AvgIpc) is 2.79. The molecule has 0 unspecified atom stereocenters. The molecule has 2 amide bonds. The van der Waals surface area contributed by atoms with Crippen molar-refractivity contribution >= 4 is 17.6 Å². The quantitative estimate of drug-likeness (QED) is 0.910. The molecule has 0 aliphatic carbocycles. The van der Waals surface area contributed by atoms with Gasteiger partial charge in [-0.2, -0.15) is 0 Å². The van der Waals surface area contributed by atoms with Gasteiger partial charge in [0.25, 0.3) is 0 Å². The first-order valence-electron chi connectivity index (χ1n) is 7.11. The van der Waals surface area contributed by atoms with Crippen LogP contribution in [0.15, 0.2) is 42.6 Å². The third-order valence-electron chi connectivity index (χ3n) is 4.63. The lowest BCUT2D eigenvalue weighted by Gasteiger charge is -2.30. The molecular weight excluding hydrogens is 278 g/mol. The number of nitrogens with two attached hydrogens (primary N) is 1. The Bertz CT molecular complexity index is 755. The average molecular weight is 295 g/mol. The van der Waals surface area contributed by atoms with Gasteiger partial charge in [-0.1, -0.05) is 25.1 Å². The zero-order valence-corrected chi connectivity index (χ0v) is 12.5. The summed E-state index contributed by atoms with van der Waals surface area (Å²) < 4.78 is 0. The van der Waals surface area contributed by atoms with Crippen molar-refractivity contribution in [3.05, 3.63) is 59.3 Å². The highest BCUT2D eigenvalue weighted by Gasteiger charge is 2.47. The largest absolute Gasteiger partial charge is 0.366 e. The molecular formula is C17H17N3O2. The Labute approximate surface area is 128 Å². The number of nitrogens with zero attached hydrogens (tertiary/aromatic N) is 1. The third-order valence-corrected chi connectivity index (χ3v) is 4.63. The maximum atomic E-state index is 12.5. The zero-order chi connectivity index (χ0) is 15.9. The van der Waals surface area contributed by atoms with Crippen molar-refractivity contribution in [2.24, 2.45) is 5.73 Å². The summed E-state index contributed by atoms with van der Waals surface area (Å²) >= 11 is 0. The Morgan fingerprint density at radius 3 is 2.59 bits per heavy atom. The van der Waals surface area contributed by atoms with Gasteiger partial charge in [0.1, 0.15) is 5.82 Å². The van der Waals surface area contributed by atoms with Crippen LogP contribution in [0.25, 0.3) is 0 Å². The molecule has 0 saturated heterocycles. The van der Waals surface area contributed by atoms with Crippen LogP contribution in [0.5, 0.6) is 0 Å². The number of hydrogen-bond donors (Lipinski definition) is 2. The summed E-state index contributed by atoms with van der Waals surface area (Å²) in [5.74, 6) is 0.0294. The molecule has 0 fully saturated rings. The summed E-state index contributed by atoms with van der Waals surface area (Å²) in [4.78, 5) is 27.9. The van der Waals surface area contributed by atoms with Gasteiger partial charge in [-0.15, -0.1) is 0 Å². The van der Waals surface area contributed by atoms with Crippen LogP contribution in [0.1, 0.15) is 41.3 Å². The second-order valence-corrected chi connectivity index (χ2v) is 5.76. The van der Waals surface area contributed by atoms with Gasteiger partial charge >= 0.3 is 0 Å². The number of carbonyl (C=O) groups excluding carboxylic acids is 2. The predicted octanol–water partition coefficient (Wildman–Crippen LogP) is 2.19. The summed E-state index contributed by atoms with van der Waals surface area (Å²) in [5, 5.41) is 2.84. The molecule has 3 N–H and O–H groups in total. The number of aromatic nitrogens is 1. The lowest BCUT2D eigenvalue weighted by atomic mass is 9.71. The van der Waals surface area contributed by atoms with E-state index in [-0.39, 0.29) is 11.8 Å². The van der Waals surface area contributed by atoms with E-state index in [4.69, 9.17) is 5.73 Å². The minimum absolute atomic E-state index is 0.0623. The van der Waals surface area contributed by atoms with E-state index in [1.54, 1.807) is 18.3 Å². The molecule has 3 rings (SSSR count). The normalized spacial score (nSPS) is 21.1. The van der Waals surface area contributed by atoms with Crippen LogP contribution in [0.2, 0.25) is 0 Å². The molecule has 5 heteroatoms. The fourth-order valence-corrected chi connectivity index (χ4v) is 2.98. The number of nitrogens with one attached hydrogen (secondary N) is 1. The molecule has 1 aliphatic rings. The second kappa shape index (κ2) is 4.94. The first kappa shape index (κ1) is 14.3. The van der Waals surface area contributed by atoms with Crippen molar-refractivity contribution < 1.29 is 9.59 Å². The van der Waals surface area contributed by atoms with Crippen molar-refractivity contribution in [2.45, 2.75) is 25.2 Å². The molecule has 2 heterocycles. The highest BCUT2D eigenvalue weighted by Crippen LogP contribution is 2.45. The Morgan fingerprint density at radius 1 is 1.27 bits per heavy atom. The lowest BCUT2D eigenvalue weighted by molar-refractivity contribution is -0.120. The van der Waals surface area contributed by atoms with Crippen molar-refractivity contribution in [1.29, 1.82) is 0 Å².